The lowest BCUT2D eigenvalue weighted by atomic mass is 9.59. The number of rotatable bonds is 5. The number of carbonyl (C=O) groups excluding carboxylic acids is 3. The van der Waals surface area contributed by atoms with E-state index in [1.54, 1.807) is 59.8 Å². The summed E-state index contributed by atoms with van der Waals surface area (Å²) in [5.74, 6) is -5.00. The van der Waals surface area contributed by atoms with Crippen LogP contribution in [-0.2, 0) is 23.9 Å². The molecule has 0 bridgehead atoms. The first kappa shape index (κ1) is 27.7. The monoisotopic (exact) mass is 516 g/mol. The maximum Gasteiger partial charge on any atom is 0.333 e. The fourth-order valence-corrected chi connectivity index (χ4v) is 7.43. The average molecular weight is 517 g/mol. The Hall–Kier alpha value is -2.29. The standard InChI is InChI=1S/C29H40O8/c1-9-15(4)25(33)36-23-17(6)28(35)19(21-26(7,8)29(21,23)37-24(32)14(2)3)11-18(13-30)12-27(34)20(28)10-16(5)22(27)31/h9-11,14,17,19-21,23,30,34-35H,12-13H2,1-8H3/b15-9+/t17-,19-,20+,21-,23-,27-,28-,29-/m1/s1. The van der Waals surface area contributed by atoms with Crippen molar-refractivity contribution in [3.8, 4) is 0 Å². The molecule has 8 atom stereocenters. The zero-order valence-electron chi connectivity index (χ0n) is 23.0. The zero-order chi connectivity index (χ0) is 27.9. The Morgan fingerprint density at radius 1 is 1.22 bits per heavy atom. The lowest BCUT2D eigenvalue weighted by Crippen LogP contribution is -2.66. The van der Waals surface area contributed by atoms with Crippen molar-refractivity contribution in [3.05, 3.63) is 34.9 Å². The fraction of sp³-hybridized carbons (Fsp3) is 0.690. The van der Waals surface area contributed by atoms with Gasteiger partial charge in [-0.25, -0.2) is 4.79 Å². The molecule has 4 aliphatic carbocycles. The van der Waals surface area contributed by atoms with Crippen LogP contribution in [0.5, 0.6) is 0 Å². The third kappa shape index (κ3) is 3.48. The van der Waals surface area contributed by atoms with Crippen LogP contribution in [0.15, 0.2) is 34.9 Å². The van der Waals surface area contributed by atoms with Gasteiger partial charge >= 0.3 is 11.9 Å². The van der Waals surface area contributed by atoms with E-state index in [2.05, 4.69) is 0 Å². The second-order valence-electron chi connectivity index (χ2n) is 12.3. The number of hydrogen-bond acceptors (Lipinski definition) is 8. The van der Waals surface area contributed by atoms with Crippen molar-refractivity contribution < 1.29 is 39.2 Å². The lowest BCUT2D eigenvalue weighted by Gasteiger charge is -2.53. The van der Waals surface area contributed by atoms with Gasteiger partial charge in [0.05, 0.1) is 18.1 Å². The maximum atomic E-state index is 13.2. The van der Waals surface area contributed by atoms with E-state index >= 15 is 0 Å². The number of hydrogen-bond donors (Lipinski definition) is 3. The van der Waals surface area contributed by atoms with E-state index in [-0.39, 0.29) is 6.42 Å². The van der Waals surface area contributed by atoms with Crippen molar-refractivity contribution in [1.29, 1.82) is 0 Å². The van der Waals surface area contributed by atoms with Crippen molar-refractivity contribution in [2.45, 2.75) is 84.7 Å². The van der Waals surface area contributed by atoms with Crippen molar-refractivity contribution in [1.82, 2.24) is 0 Å². The maximum absolute atomic E-state index is 13.2. The average Bonchev–Trinajstić information content (AvgIpc) is 3.26. The fourth-order valence-electron chi connectivity index (χ4n) is 7.43. The summed E-state index contributed by atoms with van der Waals surface area (Å²) >= 11 is 0. The van der Waals surface area contributed by atoms with Crippen LogP contribution in [0.2, 0.25) is 0 Å². The smallest absolute Gasteiger partial charge is 0.333 e. The summed E-state index contributed by atoms with van der Waals surface area (Å²) in [6, 6.07) is 0. The summed E-state index contributed by atoms with van der Waals surface area (Å²) in [5, 5.41) is 34.6. The Kier molecular flexibility index (Phi) is 6.46. The van der Waals surface area contributed by atoms with Gasteiger partial charge in [-0.1, -0.05) is 52.8 Å². The van der Waals surface area contributed by atoms with Crippen LogP contribution in [0.25, 0.3) is 0 Å². The molecular formula is C29H40O8. The summed E-state index contributed by atoms with van der Waals surface area (Å²) in [5.41, 5.74) is -4.51. The molecule has 0 saturated heterocycles. The Bertz CT molecular complexity index is 1130. The molecule has 2 fully saturated rings. The minimum Gasteiger partial charge on any atom is -0.454 e. The van der Waals surface area contributed by atoms with Gasteiger partial charge in [0, 0.05) is 41.1 Å². The normalized spacial score (nSPS) is 42.1. The summed E-state index contributed by atoms with van der Waals surface area (Å²) in [7, 11) is 0. The third-order valence-electron chi connectivity index (χ3n) is 9.69. The minimum absolute atomic E-state index is 0.125. The molecule has 8 nitrogen and oxygen atoms in total. The van der Waals surface area contributed by atoms with Gasteiger partial charge in [-0.3, -0.25) is 9.59 Å². The summed E-state index contributed by atoms with van der Waals surface area (Å²) in [6.45, 7) is 13.5. The van der Waals surface area contributed by atoms with E-state index in [0.717, 1.165) is 0 Å². The molecule has 3 N–H and O–H groups in total. The zero-order valence-corrected chi connectivity index (χ0v) is 23.0. The van der Waals surface area contributed by atoms with E-state index in [4.69, 9.17) is 9.47 Å². The van der Waals surface area contributed by atoms with Gasteiger partial charge in [0.2, 0.25) is 0 Å². The number of allylic oxidation sites excluding steroid dienone is 1. The molecule has 0 amide bonds. The predicted octanol–water partition coefficient (Wildman–Crippen LogP) is 2.65. The van der Waals surface area contributed by atoms with Crippen molar-refractivity contribution in [3.63, 3.8) is 0 Å². The SMILES string of the molecule is C/C=C(\C)C(=O)O[C@@H]1[C@@H](C)[C@@]2(O)[C@H](C=C(CO)C[C@]3(O)C(=O)C(C)=C[C@H]23)[C@@H]2C(C)(C)[C@]12OC(=O)C(C)C. The largest absolute Gasteiger partial charge is 0.454 e. The molecular weight excluding hydrogens is 476 g/mol. The summed E-state index contributed by atoms with van der Waals surface area (Å²) in [6.07, 6.45) is 3.81. The van der Waals surface area contributed by atoms with Crippen LogP contribution in [0, 0.1) is 35.0 Å². The minimum atomic E-state index is -1.95. The highest BCUT2D eigenvalue weighted by Gasteiger charge is 2.88. The molecule has 204 valence electrons. The van der Waals surface area contributed by atoms with E-state index < -0.39 is 82.2 Å². The number of Topliss-reactive ketones (excluding diaryl/α,β-unsaturated/α-hetero) is 1. The molecule has 0 aromatic carbocycles. The molecule has 0 spiro atoms. The van der Waals surface area contributed by atoms with E-state index in [0.29, 0.717) is 16.7 Å². The highest BCUT2D eigenvalue weighted by atomic mass is 16.6. The van der Waals surface area contributed by atoms with Crippen molar-refractivity contribution >= 4 is 17.7 Å². The molecule has 4 aliphatic rings. The second kappa shape index (κ2) is 8.61. The van der Waals surface area contributed by atoms with Crippen molar-refractivity contribution in [2.24, 2.45) is 35.0 Å². The van der Waals surface area contributed by atoms with Gasteiger partial charge in [-0.15, -0.1) is 0 Å². The molecule has 2 saturated carbocycles. The Balaban J connectivity index is 1.96. The molecule has 0 unspecified atom stereocenters. The number of ether oxygens (including phenoxy) is 2. The van der Waals surface area contributed by atoms with Crippen LogP contribution >= 0.6 is 0 Å². The molecule has 0 aliphatic heterocycles. The second-order valence-corrected chi connectivity index (χ2v) is 12.3. The first-order chi connectivity index (χ1) is 17.0. The van der Waals surface area contributed by atoms with Gasteiger partial charge in [-0.05, 0) is 31.9 Å². The molecule has 8 heteroatoms. The Morgan fingerprint density at radius 2 is 1.84 bits per heavy atom. The van der Waals surface area contributed by atoms with Crippen LogP contribution < -0.4 is 0 Å². The summed E-state index contributed by atoms with van der Waals surface area (Å²) in [4.78, 5) is 39.3. The van der Waals surface area contributed by atoms with Gasteiger partial charge in [0.1, 0.15) is 11.7 Å². The topological polar surface area (TPSA) is 130 Å². The van der Waals surface area contributed by atoms with E-state index in [1.807, 2.05) is 13.8 Å². The molecule has 0 radical (unpaired) electrons. The van der Waals surface area contributed by atoms with E-state index in [1.165, 1.54) is 0 Å². The van der Waals surface area contributed by atoms with Crippen LogP contribution in [0.4, 0.5) is 0 Å². The highest BCUT2D eigenvalue weighted by molar-refractivity contribution is 6.04. The van der Waals surface area contributed by atoms with Gasteiger partial charge in [0.25, 0.3) is 0 Å². The number of esters is 2. The van der Waals surface area contributed by atoms with Gasteiger partial charge < -0.3 is 24.8 Å². The molecule has 0 heterocycles. The Labute approximate surface area is 218 Å². The Morgan fingerprint density at radius 3 is 2.38 bits per heavy atom. The quantitative estimate of drug-likeness (QED) is 0.289. The predicted molar refractivity (Wildman–Crippen MR) is 135 cm³/mol. The number of fused-ring (bicyclic) bond motifs is 5. The molecule has 37 heavy (non-hydrogen) atoms. The molecule has 0 aromatic heterocycles. The number of ketones is 1. The first-order valence-electron chi connectivity index (χ1n) is 13.1. The number of aliphatic hydroxyl groups is 3. The number of carbonyl (C=O) groups is 3. The van der Waals surface area contributed by atoms with Crippen LogP contribution in [-0.4, -0.2) is 62.6 Å². The molecule has 0 aromatic rings. The lowest BCUT2D eigenvalue weighted by molar-refractivity contribution is -0.228. The summed E-state index contributed by atoms with van der Waals surface area (Å²) < 4.78 is 12.3. The molecule has 4 rings (SSSR count). The van der Waals surface area contributed by atoms with Crippen LogP contribution in [0.3, 0.4) is 0 Å². The van der Waals surface area contributed by atoms with Crippen molar-refractivity contribution in [2.75, 3.05) is 6.61 Å². The number of aliphatic hydroxyl groups excluding tert-OH is 1. The third-order valence-corrected chi connectivity index (χ3v) is 9.69. The van der Waals surface area contributed by atoms with Gasteiger partial charge in [-0.2, -0.15) is 0 Å². The van der Waals surface area contributed by atoms with Gasteiger partial charge in [0.15, 0.2) is 11.4 Å². The van der Waals surface area contributed by atoms with E-state index in [9.17, 15) is 29.7 Å². The van der Waals surface area contributed by atoms with Crippen LogP contribution in [0.1, 0.15) is 61.8 Å². The highest BCUT2D eigenvalue weighted by Crippen LogP contribution is 2.77. The first-order valence-corrected chi connectivity index (χ1v) is 13.1.